The molecule has 0 bridgehead atoms. The van der Waals surface area contributed by atoms with Crippen molar-refractivity contribution >= 4 is 0 Å². The zero-order chi connectivity index (χ0) is 12.7. The zero-order valence-electron chi connectivity index (χ0n) is 11.0. The van der Waals surface area contributed by atoms with Crippen LogP contribution in [0, 0.1) is 6.92 Å². The molecule has 0 aliphatic heterocycles. The molecule has 1 unspecified atom stereocenters. The van der Waals surface area contributed by atoms with Gasteiger partial charge in [-0.3, -0.25) is 0 Å². The van der Waals surface area contributed by atoms with Crippen molar-refractivity contribution in [2.45, 2.75) is 32.7 Å². The van der Waals surface area contributed by atoms with Gasteiger partial charge in [-0.1, -0.05) is 17.7 Å². The van der Waals surface area contributed by atoms with Crippen LogP contribution in [0.3, 0.4) is 0 Å². The second-order valence-electron chi connectivity index (χ2n) is 4.33. The first-order chi connectivity index (χ1) is 8.19. The maximum Gasteiger partial charge on any atom is 0.124 e. The Morgan fingerprint density at radius 2 is 2.12 bits per heavy atom. The minimum atomic E-state index is 0.233. The first kappa shape index (κ1) is 14.0. The van der Waals surface area contributed by atoms with Crippen LogP contribution >= 0.6 is 0 Å². The summed E-state index contributed by atoms with van der Waals surface area (Å²) in [6.45, 7) is 5.10. The maximum atomic E-state index is 8.72. The Morgan fingerprint density at radius 1 is 1.35 bits per heavy atom. The summed E-state index contributed by atoms with van der Waals surface area (Å²) in [5, 5.41) is 11.9. The normalized spacial score (nSPS) is 12.5. The van der Waals surface area contributed by atoms with Crippen molar-refractivity contribution in [3.8, 4) is 5.75 Å². The predicted octanol–water partition coefficient (Wildman–Crippen LogP) is 2.43. The summed E-state index contributed by atoms with van der Waals surface area (Å²) in [5.74, 6) is 0.940. The van der Waals surface area contributed by atoms with E-state index in [4.69, 9.17) is 9.84 Å². The highest BCUT2D eigenvalue weighted by Crippen LogP contribution is 2.26. The van der Waals surface area contributed by atoms with Crippen LogP contribution in [0.1, 0.15) is 36.9 Å². The van der Waals surface area contributed by atoms with Crippen LogP contribution in [0.15, 0.2) is 18.2 Å². The number of nitrogens with one attached hydrogen (secondary N) is 1. The molecule has 0 amide bonds. The molecule has 1 atom stereocenters. The van der Waals surface area contributed by atoms with Crippen LogP contribution in [0.5, 0.6) is 5.75 Å². The second-order valence-corrected chi connectivity index (χ2v) is 4.33. The number of hydrogen-bond acceptors (Lipinski definition) is 3. The van der Waals surface area contributed by atoms with Crippen molar-refractivity contribution in [2.75, 3.05) is 20.3 Å². The Kier molecular flexibility index (Phi) is 6.01. The van der Waals surface area contributed by atoms with Crippen molar-refractivity contribution in [3.05, 3.63) is 29.3 Å². The van der Waals surface area contributed by atoms with Gasteiger partial charge in [0.1, 0.15) is 5.75 Å². The third-order valence-corrected chi connectivity index (χ3v) is 2.87. The van der Waals surface area contributed by atoms with E-state index >= 15 is 0 Å². The van der Waals surface area contributed by atoms with Crippen LogP contribution in [0.4, 0.5) is 0 Å². The summed E-state index contributed by atoms with van der Waals surface area (Å²) in [6.07, 6.45) is 1.68. The highest BCUT2D eigenvalue weighted by molar-refractivity contribution is 5.38. The lowest BCUT2D eigenvalue weighted by atomic mass is 10.0. The summed E-state index contributed by atoms with van der Waals surface area (Å²) >= 11 is 0. The summed E-state index contributed by atoms with van der Waals surface area (Å²) in [4.78, 5) is 0. The van der Waals surface area contributed by atoms with Gasteiger partial charge in [0.2, 0.25) is 0 Å². The molecule has 1 aromatic rings. The van der Waals surface area contributed by atoms with Crippen LogP contribution in [-0.4, -0.2) is 25.4 Å². The minimum absolute atomic E-state index is 0.233. The van der Waals surface area contributed by atoms with E-state index in [0.717, 1.165) is 18.6 Å². The molecule has 17 heavy (non-hydrogen) atoms. The summed E-state index contributed by atoms with van der Waals surface area (Å²) in [7, 11) is 1.95. The number of unbranched alkanes of at least 4 members (excludes halogenated alkanes) is 1. The van der Waals surface area contributed by atoms with E-state index in [-0.39, 0.29) is 12.6 Å². The maximum absolute atomic E-state index is 8.72. The highest BCUT2D eigenvalue weighted by atomic mass is 16.5. The molecule has 0 saturated carbocycles. The quantitative estimate of drug-likeness (QED) is 0.716. The topological polar surface area (TPSA) is 41.5 Å². The average Bonchev–Trinajstić information content (AvgIpc) is 2.35. The number of aliphatic hydroxyl groups is 1. The average molecular weight is 237 g/mol. The van der Waals surface area contributed by atoms with E-state index in [1.54, 1.807) is 0 Å². The van der Waals surface area contributed by atoms with Crippen LogP contribution < -0.4 is 10.1 Å². The van der Waals surface area contributed by atoms with Gasteiger partial charge in [0.05, 0.1) is 6.61 Å². The molecule has 2 N–H and O–H groups in total. The third-order valence-electron chi connectivity index (χ3n) is 2.87. The summed E-state index contributed by atoms with van der Waals surface area (Å²) < 4.78 is 5.77. The Bertz CT molecular complexity index is 339. The Balaban J connectivity index is 2.69. The Labute approximate surface area is 104 Å². The summed E-state index contributed by atoms with van der Waals surface area (Å²) in [6, 6.07) is 6.52. The molecule has 1 rings (SSSR count). The molecule has 0 heterocycles. The van der Waals surface area contributed by atoms with Crippen molar-refractivity contribution < 1.29 is 9.84 Å². The van der Waals surface area contributed by atoms with Crippen LogP contribution in [0.2, 0.25) is 0 Å². The fourth-order valence-electron chi connectivity index (χ4n) is 1.69. The van der Waals surface area contributed by atoms with Gasteiger partial charge in [-0.25, -0.2) is 0 Å². The minimum Gasteiger partial charge on any atom is -0.493 e. The molecule has 0 saturated heterocycles. The van der Waals surface area contributed by atoms with Crippen molar-refractivity contribution in [3.63, 3.8) is 0 Å². The molecule has 3 heteroatoms. The number of hydrogen-bond donors (Lipinski definition) is 2. The van der Waals surface area contributed by atoms with E-state index < -0.39 is 0 Å². The monoisotopic (exact) mass is 237 g/mol. The van der Waals surface area contributed by atoms with Gasteiger partial charge in [0.15, 0.2) is 0 Å². The molecule has 0 aromatic heterocycles. The molecule has 0 spiro atoms. The molecule has 1 aromatic carbocycles. The zero-order valence-corrected chi connectivity index (χ0v) is 11.0. The van der Waals surface area contributed by atoms with Gasteiger partial charge in [0, 0.05) is 18.2 Å². The molecule has 0 fully saturated rings. The lowest BCUT2D eigenvalue weighted by Crippen LogP contribution is -2.14. The molecule has 0 aliphatic rings. The van der Waals surface area contributed by atoms with E-state index in [0.29, 0.717) is 6.61 Å². The summed E-state index contributed by atoms with van der Waals surface area (Å²) in [5.41, 5.74) is 2.43. The standard InChI is InChI=1S/C14H23NO2/c1-11-6-7-14(17-9-5-4-8-16)13(10-11)12(2)15-3/h6-7,10,12,15-16H,4-5,8-9H2,1-3H3. The lowest BCUT2D eigenvalue weighted by Gasteiger charge is -2.17. The second kappa shape index (κ2) is 7.30. The van der Waals surface area contributed by atoms with Crippen LogP contribution in [-0.2, 0) is 0 Å². The fourth-order valence-corrected chi connectivity index (χ4v) is 1.69. The Hall–Kier alpha value is -1.06. The van der Waals surface area contributed by atoms with E-state index in [9.17, 15) is 0 Å². The number of aryl methyl sites for hydroxylation is 1. The highest BCUT2D eigenvalue weighted by Gasteiger charge is 2.10. The molecular formula is C14H23NO2. The van der Waals surface area contributed by atoms with E-state index in [1.807, 2.05) is 13.1 Å². The van der Waals surface area contributed by atoms with Crippen molar-refractivity contribution in [1.82, 2.24) is 5.32 Å². The number of aliphatic hydroxyl groups excluding tert-OH is 1. The van der Waals surface area contributed by atoms with Gasteiger partial charge < -0.3 is 15.2 Å². The third kappa shape index (κ3) is 4.36. The van der Waals surface area contributed by atoms with Gasteiger partial charge in [0.25, 0.3) is 0 Å². The van der Waals surface area contributed by atoms with Crippen molar-refractivity contribution in [1.29, 1.82) is 0 Å². The van der Waals surface area contributed by atoms with Crippen molar-refractivity contribution in [2.24, 2.45) is 0 Å². The predicted molar refractivity (Wildman–Crippen MR) is 70.5 cm³/mol. The van der Waals surface area contributed by atoms with Gasteiger partial charge in [-0.15, -0.1) is 0 Å². The van der Waals surface area contributed by atoms with E-state index in [2.05, 4.69) is 31.3 Å². The smallest absolute Gasteiger partial charge is 0.124 e. The SMILES string of the molecule is CNC(C)c1cc(C)ccc1OCCCCO. The van der Waals surface area contributed by atoms with Gasteiger partial charge in [-0.05, 0) is 39.8 Å². The molecule has 96 valence electrons. The lowest BCUT2D eigenvalue weighted by molar-refractivity contribution is 0.251. The first-order valence-electron chi connectivity index (χ1n) is 6.20. The first-order valence-corrected chi connectivity index (χ1v) is 6.20. The fraction of sp³-hybridized carbons (Fsp3) is 0.571. The van der Waals surface area contributed by atoms with Gasteiger partial charge in [-0.2, -0.15) is 0 Å². The molecule has 0 aliphatic carbocycles. The van der Waals surface area contributed by atoms with E-state index in [1.165, 1.54) is 11.1 Å². The molecule has 0 radical (unpaired) electrons. The molecular weight excluding hydrogens is 214 g/mol. The number of rotatable bonds is 7. The number of benzene rings is 1. The Morgan fingerprint density at radius 3 is 2.76 bits per heavy atom. The van der Waals surface area contributed by atoms with Crippen LogP contribution in [0.25, 0.3) is 0 Å². The number of ether oxygens (including phenoxy) is 1. The van der Waals surface area contributed by atoms with Gasteiger partial charge >= 0.3 is 0 Å². The largest absolute Gasteiger partial charge is 0.493 e. The molecule has 3 nitrogen and oxygen atoms in total.